The molecule has 0 bridgehead atoms. The van der Waals surface area contributed by atoms with E-state index in [1.807, 2.05) is 39.8 Å². The second-order valence-electron chi connectivity index (χ2n) is 9.36. The van der Waals surface area contributed by atoms with Crippen molar-refractivity contribution in [3.05, 3.63) is 66.2 Å². The molecule has 172 valence electrons. The molecule has 6 atom stereocenters. The molecule has 6 nitrogen and oxygen atoms in total. The predicted octanol–water partition coefficient (Wildman–Crippen LogP) is 4.32. The second-order valence-corrected chi connectivity index (χ2v) is 11.2. The zero-order chi connectivity index (χ0) is 22.3. The van der Waals surface area contributed by atoms with Crippen LogP contribution >= 0.6 is 8.15 Å². The van der Waals surface area contributed by atoms with Crippen molar-refractivity contribution in [2.45, 2.75) is 76.1 Å². The van der Waals surface area contributed by atoms with Gasteiger partial charge in [-0.05, 0) is 33.3 Å². The minimum absolute atomic E-state index is 0.250. The molecule has 0 saturated carbocycles. The Balaban J connectivity index is 1.43. The van der Waals surface area contributed by atoms with Gasteiger partial charge < -0.3 is 28.2 Å². The van der Waals surface area contributed by atoms with Crippen LogP contribution in [0.3, 0.4) is 0 Å². The Hall–Kier alpha value is -1.37. The van der Waals surface area contributed by atoms with Crippen LogP contribution in [0.15, 0.2) is 60.7 Å². The van der Waals surface area contributed by atoms with Gasteiger partial charge in [-0.25, -0.2) is 0 Å². The van der Waals surface area contributed by atoms with Crippen molar-refractivity contribution < 1.29 is 28.2 Å². The molecule has 3 heterocycles. The van der Waals surface area contributed by atoms with Crippen molar-refractivity contribution in [3.8, 4) is 0 Å². The minimum atomic E-state index is -0.974. The van der Waals surface area contributed by atoms with Gasteiger partial charge in [-0.3, -0.25) is 0 Å². The van der Waals surface area contributed by atoms with Gasteiger partial charge in [-0.1, -0.05) is 60.7 Å². The van der Waals surface area contributed by atoms with Crippen molar-refractivity contribution >= 4 is 13.5 Å². The van der Waals surface area contributed by atoms with Gasteiger partial charge >= 0.3 is 0 Å². The van der Waals surface area contributed by atoms with Gasteiger partial charge in [-0.15, -0.1) is 0 Å². The van der Waals surface area contributed by atoms with Crippen molar-refractivity contribution in [3.63, 3.8) is 0 Å². The molecule has 0 spiro atoms. The third-order valence-corrected chi connectivity index (χ3v) is 7.91. The van der Waals surface area contributed by atoms with Gasteiger partial charge in [0.1, 0.15) is 24.4 Å². The van der Waals surface area contributed by atoms with Crippen LogP contribution in [0.5, 0.6) is 0 Å². The molecular weight excluding hydrogens is 427 g/mol. The number of fused-ring (bicyclic) bond motifs is 1. The predicted molar refractivity (Wildman–Crippen MR) is 122 cm³/mol. The molecule has 0 N–H and O–H groups in total. The SMILES string of the molecule is CC1(C)O[C@H]2O[C@H]([C@H]3COC(C)(C)O3)[C@H](OP(Cc3ccccc3)c3ccccc3)[C@H]2O1. The van der Waals surface area contributed by atoms with Crippen LogP contribution in [0.4, 0.5) is 0 Å². The summed E-state index contributed by atoms with van der Waals surface area (Å²) in [5.74, 6) is -1.37. The van der Waals surface area contributed by atoms with E-state index in [1.54, 1.807) is 0 Å². The molecule has 32 heavy (non-hydrogen) atoms. The largest absolute Gasteiger partial charge is 0.348 e. The van der Waals surface area contributed by atoms with Crippen molar-refractivity contribution in [1.29, 1.82) is 0 Å². The summed E-state index contributed by atoms with van der Waals surface area (Å²) < 4.78 is 37.5. The molecule has 2 aromatic rings. The zero-order valence-electron chi connectivity index (χ0n) is 19.0. The fraction of sp³-hybridized carbons (Fsp3) is 0.520. The van der Waals surface area contributed by atoms with Crippen LogP contribution in [-0.4, -0.2) is 48.9 Å². The van der Waals surface area contributed by atoms with Crippen LogP contribution in [-0.2, 0) is 34.4 Å². The molecule has 3 fully saturated rings. The van der Waals surface area contributed by atoms with E-state index >= 15 is 0 Å². The fourth-order valence-electron chi connectivity index (χ4n) is 4.48. The molecule has 3 aliphatic heterocycles. The summed E-state index contributed by atoms with van der Waals surface area (Å²) in [6.45, 7) is 8.09. The maximum Gasteiger partial charge on any atom is 0.190 e. The highest BCUT2D eigenvalue weighted by atomic mass is 31.1. The van der Waals surface area contributed by atoms with Crippen LogP contribution in [0.2, 0.25) is 0 Å². The van der Waals surface area contributed by atoms with E-state index in [1.165, 1.54) is 10.9 Å². The van der Waals surface area contributed by atoms with Crippen LogP contribution in [0.25, 0.3) is 0 Å². The molecule has 7 heteroatoms. The molecule has 0 amide bonds. The van der Waals surface area contributed by atoms with Gasteiger partial charge in [0.05, 0.1) is 14.8 Å². The molecule has 3 aliphatic rings. The molecule has 2 aromatic carbocycles. The summed E-state index contributed by atoms with van der Waals surface area (Å²) in [6.07, 6.45) is -0.936. The average Bonchev–Trinajstić information content (AvgIpc) is 3.38. The topological polar surface area (TPSA) is 55.4 Å². The van der Waals surface area contributed by atoms with Gasteiger partial charge in [0.25, 0.3) is 0 Å². The smallest absolute Gasteiger partial charge is 0.190 e. The lowest BCUT2D eigenvalue weighted by atomic mass is 10.1. The molecule has 0 aliphatic carbocycles. The number of hydrogen-bond acceptors (Lipinski definition) is 6. The Labute approximate surface area is 190 Å². The maximum absolute atomic E-state index is 6.90. The first-order valence-corrected chi connectivity index (χ1v) is 12.6. The minimum Gasteiger partial charge on any atom is -0.348 e. The maximum atomic E-state index is 6.90. The summed E-state index contributed by atoms with van der Waals surface area (Å²) in [4.78, 5) is 0. The summed E-state index contributed by atoms with van der Waals surface area (Å²) in [5, 5.41) is 1.18. The van der Waals surface area contributed by atoms with E-state index in [0.29, 0.717) is 6.61 Å². The second kappa shape index (κ2) is 8.77. The zero-order valence-corrected chi connectivity index (χ0v) is 19.9. The lowest BCUT2D eigenvalue weighted by Gasteiger charge is -2.31. The molecule has 1 unspecified atom stereocenters. The molecular formula is C25H31O6P. The first-order valence-electron chi connectivity index (χ1n) is 11.2. The third-order valence-electron chi connectivity index (χ3n) is 5.89. The summed E-state index contributed by atoms with van der Waals surface area (Å²) in [5.41, 5.74) is 1.24. The van der Waals surface area contributed by atoms with E-state index in [0.717, 1.165) is 6.16 Å². The first kappa shape index (κ1) is 22.4. The summed E-state index contributed by atoms with van der Waals surface area (Å²) in [6, 6.07) is 20.8. The van der Waals surface area contributed by atoms with Gasteiger partial charge in [-0.2, -0.15) is 0 Å². The van der Waals surface area contributed by atoms with Gasteiger partial charge in [0.15, 0.2) is 17.9 Å². The van der Waals surface area contributed by atoms with Crippen LogP contribution in [0, 0.1) is 0 Å². The summed E-state index contributed by atoms with van der Waals surface area (Å²) >= 11 is 0. The lowest BCUT2D eigenvalue weighted by Crippen LogP contribution is -2.43. The average molecular weight is 458 g/mol. The van der Waals surface area contributed by atoms with Gasteiger partial charge in [0, 0.05) is 11.5 Å². The number of ether oxygens (including phenoxy) is 5. The highest BCUT2D eigenvalue weighted by Crippen LogP contribution is 2.49. The van der Waals surface area contributed by atoms with E-state index in [2.05, 4.69) is 48.5 Å². The van der Waals surface area contributed by atoms with E-state index < -0.39 is 26.0 Å². The van der Waals surface area contributed by atoms with E-state index in [9.17, 15) is 0 Å². The highest BCUT2D eigenvalue weighted by molar-refractivity contribution is 7.60. The molecule has 0 radical (unpaired) electrons. The number of benzene rings is 2. The Kier molecular flexibility index (Phi) is 6.14. The Bertz CT molecular complexity index is 905. The van der Waals surface area contributed by atoms with Crippen molar-refractivity contribution in [2.75, 3.05) is 6.61 Å². The Morgan fingerprint density at radius 1 is 0.844 bits per heavy atom. The fourth-order valence-corrected chi connectivity index (χ4v) is 6.44. The Morgan fingerprint density at radius 2 is 1.53 bits per heavy atom. The third kappa shape index (κ3) is 4.78. The van der Waals surface area contributed by atoms with Crippen molar-refractivity contribution in [1.82, 2.24) is 0 Å². The molecule has 5 rings (SSSR count). The highest BCUT2D eigenvalue weighted by Gasteiger charge is 2.59. The number of hydrogen-bond donors (Lipinski definition) is 0. The normalized spacial score (nSPS) is 33.8. The number of rotatable bonds is 6. The monoisotopic (exact) mass is 458 g/mol. The molecule has 0 aromatic heterocycles. The van der Waals surface area contributed by atoms with Crippen molar-refractivity contribution in [2.24, 2.45) is 0 Å². The standard InChI is InChI=1S/C25H31O6P/c1-24(2)26-15-19(28-24)20-21(22-23(27-20)30-25(3,4)29-22)31-32(18-13-9-6-10-14-18)16-17-11-7-5-8-12-17/h5-14,19-23H,15-16H2,1-4H3/t19-,20-,21+,22-,23-,32?/m1/s1. The van der Waals surface area contributed by atoms with E-state index in [-0.39, 0.29) is 24.4 Å². The Morgan fingerprint density at radius 3 is 2.19 bits per heavy atom. The molecule has 3 saturated heterocycles. The summed E-state index contributed by atoms with van der Waals surface area (Å²) in [7, 11) is -0.974. The van der Waals surface area contributed by atoms with Crippen LogP contribution in [0.1, 0.15) is 33.3 Å². The van der Waals surface area contributed by atoms with Crippen LogP contribution < -0.4 is 5.30 Å². The van der Waals surface area contributed by atoms with Gasteiger partial charge in [0.2, 0.25) is 0 Å². The first-order chi connectivity index (χ1) is 15.3. The quantitative estimate of drug-likeness (QED) is 0.601. The van der Waals surface area contributed by atoms with E-state index in [4.69, 9.17) is 28.2 Å². The lowest BCUT2D eigenvalue weighted by molar-refractivity contribution is -0.230.